The fourth-order valence-electron chi connectivity index (χ4n) is 1.45. The van der Waals surface area contributed by atoms with E-state index < -0.39 is 0 Å². The van der Waals surface area contributed by atoms with Gasteiger partial charge < -0.3 is 5.32 Å². The predicted octanol–water partition coefficient (Wildman–Crippen LogP) is 2.18. The van der Waals surface area contributed by atoms with Gasteiger partial charge in [0, 0.05) is 18.9 Å². The number of benzene rings is 1. The van der Waals surface area contributed by atoms with Crippen LogP contribution < -0.4 is 5.32 Å². The molecular weight excluding hydrogens is 205 g/mol. The van der Waals surface area contributed by atoms with Crippen LogP contribution in [0, 0.1) is 11.7 Å². The Bertz CT molecular complexity index is 334. The van der Waals surface area contributed by atoms with Crippen molar-refractivity contribution >= 4 is 5.78 Å². The zero-order valence-corrected chi connectivity index (χ0v) is 9.79. The summed E-state index contributed by atoms with van der Waals surface area (Å²) in [5, 5.41) is 3.14. The molecule has 16 heavy (non-hydrogen) atoms. The number of halogens is 1. The number of carbonyl (C=O) groups is 1. The second-order valence-electron chi connectivity index (χ2n) is 3.98. The first-order valence-electron chi connectivity index (χ1n) is 5.61. The summed E-state index contributed by atoms with van der Waals surface area (Å²) in [6.45, 7) is 5.50. The molecule has 0 saturated carbocycles. The fraction of sp³-hybridized carbons (Fsp3) is 0.462. The van der Waals surface area contributed by atoms with E-state index in [1.807, 2.05) is 13.8 Å². The molecule has 88 valence electrons. The van der Waals surface area contributed by atoms with Gasteiger partial charge in [-0.15, -0.1) is 0 Å². The Kier molecular flexibility index (Phi) is 5.12. The molecule has 1 N–H and O–H groups in total. The summed E-state index contributed by atoms with van der Waals surface area (Å²) >= 11 is 0. The zero-order chi connectivity index (χ0) is 12.0. The van der Waals surface area contributed by atoms with Crippen molar-refractivity contribution in [1.29, 1.82) is 0 Å². The normalized spacial score (nSPS) is 12.4. The fourth-order valence-corrected chi connectivity index (χ4v) is 1.45. The van der Waals surface area contributed by atoms with Crippen LogP contribution in [0.5, 0.6) is 0 Å². The molecule has 1 aromatic rings. The second kappa shape index (κ2) is 6.38. The third-order valence-corrected chi connectivity index (χ3v) is 2.54. The number of rotatable bonds is 6. The number of Topliss-reactive ketones (excluding diaryl/α,β-unsaturated/α-hetero) is 1. The van der Waals surface area contributed by atoms with E-state index >= 15 is 0 Å². The van der Waals surface area contributed by atoms with E-state index in [4.69, 9.17) is 0 Å². The molecule has 1 atom stereocenters. The summed E-state index contributed by atoms with van der Waals surface area (Å²) in [6.07, 6.45) is 0.382. The van der Waals surface area contributed by atoms with Crippen LogP contribution in [0.15, 0.2) is 24.3 Å². The molecule has 3 heteroatoms. The molecule has 1 rings (SSSR count). The van der Waals surface area contributed by atoms with Crippen molar-refractivity contribution in [2.45, 2.75) is 20.3 Å². The first-order valence-corrected chi connectivity index (χ1v) is 5.61. The summed E-state index contributed by atoms with van der Waals surface area (Å²) in [5.74, 6) is -0.0746. The van der Waals surface area contributed by atoms with E-state index in [0.717, 1.165) is 12.1 Å². The number of hydrogen-bond acceptors (Lipinski definition) is 2. The number of nitrogens with one attached hydrogen (secondary N) is 1. The SMILES string of the molecule is CCNCC(C)C(=O)Cc1ccc(F)cc1. The van der Waals surface area contributed by atoms with Gasteiger partial charge in [0.15, 0.2) is 0 Å². The average Bonchev–Trinajstić information content (AvgIpc) is 2.29. The van der Waals surface area contributed by atoms with Crippen molar-refractivity contribution in [2.75, 3.05) is 13.1 Å². The lowest BCUT2D eigenvalue weighted by Gasteiger charge is -2.10. The molecule has 1 unspecified atom stereocenters. The Morgan fingerprint density at radius 1 is 1.38 bits per heavy atom. The molecule has 0 spiro atoms. The van der Waals surface area contributed by atoms with Crippen LogP contribution in [0.2, 0.25) is 0 Å². The Hall–Kier alpha value is -1.22. The topological polar surface area (TPSA) is 29.1 Å². The minimum absolute atomic E-state index is 0.00463. The van der Waals surface area contributed by atoms with Gasteiger partial charge in [-0.25, -0.2) is 4.39 Å². The lowest BCUT2D eigenvalue weighted by atomic mass is 9.99. The third kappa shape index (κ3) is 4.11. The number of ketones is 1. The maximum absolute atomic E-state index is 12.7. The summed E-state index contributed by atoms with van der Waals surface area (Å²) in [6, 6.07) is 6.09. The van der Waals surface area contributed by atoms with E-state index in [0.29, 0.717) is 13.0 Å². The van der Waals surface area contributed by atoms with Crippen LogP contribution in [-0.4, -0.2) is 18.9 Å². The van der Waals surface area contributed by atoms with E-state index in [1.165, 1.54) is 12.1 Å². The van der Waals surface area contributed by atoms with Gasteiger partial charge in [0.2, 0.25) is 0 Å². The molecule has 0 saturated heterocycles. The van der Waals surface area contributed by atoms with Gasteiger partial charge in [-0.3, -0.25) is 4.79 Å². The van der Waals surface area contributed by atoms with Gasteiger partial charge in [0.05, 0.1) is 0 Å². The van der Waals surface area contributed by atoms with Crippen molar-refractivity contribution in [1.82, 2.24) is 5.32 Å². The first kappa shape index (κ1) is 12.8. The maximum Gasteiger partial charge on any atom is 0.141 e. The Labute approximate surface area is 95.9 Å². The van der Waals surface area contributed by atoms with Crippen molar-refractivity contribution < 1.29 is 9.18 Å². The lowest BCUT2D eigenvalue weighted by molar-refractivity contribution is -0.121. The molecule has 0 heterocycles. The number of hydrogen-bond donors (Lipinski definition) is 1. The molecule has 0 aromatic heterocycles. The highest BCUT2D eigenvalue weighted by atomic mass is 19.1. The monoisotopic (exact) mass is 223 g/mol. The molecule has 2 nitrogen and oxygen atoms in total. The van der Waals surface area contributed by atoms with Crippen molar-refractivity contribution in [3.8, 4) is 0 Å². The highest BCUT2D eigenvalue weighted by molar-refractivity contribution is 5.83. The standard InChI is InChI=1S/C13H18FNO/c1-3-15-9-10(2)13(16)8-11-4-6-12(14)7-5-11/h4-7,10,15H,3,8-9H2,1-2H3. The molecule has 0 fully saturated rings. The number of carbonyl (C=O) groups excluding carboxylic acids is 1. The molecule has 0 bridgehead atoms. The van der Waals surface area contributed by atoms with Crippen molar-refractivity contribution in [3.05, 3.63) is 35.6 Å². The minimum Gasteiger partial charge on any atom is -0.316 e. The summed E-state index contributed by atoms with van der Waals surface area (Å²) in [5.41, 5.74) is 0.870. The van der Waals surface area contributed by atoms with Crippen LogP contribution in [0.4, 0.5) is 4.39 Å². The van der Waals surface area contributed by atoms with Crippen LogP contribution in [0.1, 0.15) is 19.4 Å². The van der Waals surface area contributed by atoms with Gasteiger partial charge in [0.25, 0.3) is 0 Å². The van der Waals surface area contributed by atoms with Crippen LogP contribution >= 0.6 is 0 Å². The lowest BCUT2D eigenvalue weighted by Crippen LogP contribution is -2.27. The summed E-state index contributed by atoms with van der Waals surface area (Å²) < 4.78 is 12.7. The van der Waals surface area contributed by atoms with E-state index in [9.17, 15) is 9.18 Å². The average molecular weight is 223 g/mol. The predicted molar refractivity (Wildman–Crippen MR) is 62.8 cm³/mol. The van der Waals surface area contributed by atoms with Crippen molar-refractivity contribution in [3.63, 3.8) is 0 Å². The van der Waals surface area contributed by atoms with Gasteiger partial charge in [-0.2, -0.15) is 0 Å². The third-order valence-electron chi connectivity index (χ3n) is 2.54. The van der Waals surface area contributed by atoms with Gasteiger partial charge >= 0.3 is 0 Å². The molecule has 0 aliphatic heterocycles. The van der Waals surface area contributed by atoms with Gasteiger partial charge in [-0.05, 0) is 24.2 Å². The Morgan fingerprint density at radius 2 is 2.00 bits per heavy atom. The van der Waals surface area contributed by atoms with Crippen LogP contribution in [0.3, 0.4) is 0 Å². The van der Waals surface area contributed by atoms with E-state index in [2.05, 4.69) is 5.32 Å². The van der Waals surface area contributed by atoms with Crippen molar-refractivity contribution in [2.24, 2.45) is 5.92 Å². The Balaban J connectivity index is 2.47. The maximum atomic E-state index is 12.7. The van der Waals surface area contributed by atoms with E-state index in [-0.39, 0.29) is 17.5 Å². The Morgan fingerprint density at radius 3 is 2.56 bits per heavy atom. The molecule has 0 aliphatic carbocycles. The van der Waals surface area contributed by atoms with E-state index in [1.54, 1.807) is 12.1 Å². The smallest absolute Gasteiger partial charge is 0.141 e. The van der Waals surface area contributed by atoms with Gasteiger partial charge in [-0.1, -0.05) is 26.0 Å². The zero-order valence-electron chi connectivity index (χ0n) is 9.79. The molecule has 0 aliphatic rings. The van der Waals surface area contributed by atoms with Crippen LogP contribution in [-0.2, 0) is 11.2 Å². The molecule has 0 amide bonds. The highest BCUT2D eigenvalue weighted by Gasteiger charge is 2.12. The summed E-state index contributed by atoms with van der Waals surface area (Å²) in [7, 11) is 0. The largest absolute Gasteiger partial charge is 0.316 e. The van der Waals surface area contributed by atoms with Gasteiger partial charge in [0.1, 0.15) is 11.6 Å². The second-order valence-corrected chi connectivity index (χ2v) is 3.98. The highest BCUT2D eigenvalue weighted by Crippen LogP contribution is 2.07. The quantitative estimate of drug-likeness (QED) is 0.801. The molecule has 0 radical (unpaired) electrons. The molecule has 1 aromatic carbocycles. The minimum atomic E-state index is -0.267. The van der Waals surface area contributed by atoms with Crippen LogP contribution in [0.25, 0.3) is 0 Å². The molecular formula is C13H18FNO. The summed E-state index contributed by atoms with van der Waals surface area (Å²) in [4.78, 5) is 11.8. The first-order chi connectivity index (χ1) is 7.63.